The summed E-state index contributed by atoms with van der Waals surface area (Å²) >= 11 is 6.14. The number of hydrogen-bond acceptors (Lipinski definition) is 4. The molecule has 8 heteroatoms. The zero-order chi connectivity index (χ0) is 20.5. The van der Waals surface area contributed by atoms with Crippen LogP contribution < -0.4 is 4.72 Å². The van der Waals surface area contributed by atoms with E-state index in [4.69, 9.17) is 11.6 Å². The Morgan fingerprint density at radius 2 is 1.79 bits per heavy atom. The molecule has 0 unspecified atom stereocenters. The zero-order valence-electron chi connectivity index (χ0n) is 16.3. The zero-order valence-corrected chi connectivity index (χ0v) is 17.8. The fourth-order valence-electron chi connectivity index (χ4n) is 2.82. The molecular formula is C20H23ClN4O2S. The molecule has 148 valence electrons. The van der Waals surface area contributed by atoms with Crippen LogP contribution >= 0.6 is 11.6 Å². The highest BCUT2D eigenvalue weighted by Gasteiger charge is 2.20. The predicted molar refractivity (Wildman–Crippen MR) is 112 cm³/mol. The summed E-state index contributed by atoms with van der Waals surface area (Å²) in [6, 6.07) is 11.9. The minimum Gasteiger partial charge on any atom is -0.314 e. The molecule has 0 spiro atoms. The molecule has 1 aromatic heterocycles. The molecule has 0 radical (unpaired) electrons. The van der Waals surface area contributed by atoms with Crippen LogP contribution in [0.3, 0.4) is 0 Å². The van der Waals surface area contributed by atoms with Crippen molar-refractivity contribution in [2.24, 2.45) is 0 Å². The highest BCUT2D eigenvalue weighted by atomic mass is 35.5. The average molecular weight is 419 g/mol. The lowest BCUT2D eigenvalue weighted by Gasteiger charge is -2.19. The van der Waals surface area contributed by atoms with Crippen LogP contribution in [-0.2, 0) is 22.0 Å². The van der Waals surface area contributed by atoms with Crippen LogP contribution in [0.2, 0.25) is 5.02 Å². The Labute approximate surface area is 170 Å². The van der Waals surface area contributed by atoms with E-state index < -0.39 is 10.0 Å². The van der Waals surface area contributed by atoms with E-state index in [9.17, 15) is 8.42 Å². The molecule has 1 heterocycles. The van der Waals surface area contributed by atoms with Gasteiger partial charge in [-0.15, -0.1) is 10.2 Å². The fourth-order valence-corrected chi connectivity index (χ4v) is 4.08. The van der Waals surface area contributed by atoms with E-state index in [2.05, 4.69) is 35.7 Å². The molecule has 0 amide bonds. The van der Waals surface area contributed by atoms with Gasteiger partial charge in [0.1, 0.15) is 6.33 Å². The van der Waals surface area contributed by atoms with E-state index in [-0.39, 0.29) is 10.3 Å². The van der Waals surface area contributed by atoms with Crippen molar-refractivity contribution in [1.82, 2.24) is 14.8 Å². The van der Waals surface area contributed by atoms with Crippen molar-refractivity contribution in [1.29, 1.82) is 0 Å². The summed E-state index contributed by atoms with van der Waals surface area (Å²) in [4.78, 5) is 0.193. The van der Waals surface area contributed by atoms with Crippen LogP contribution in [0.4, 0.5) is 5.69 Å². The summed E-state index contributed by atoms with van der Waals surface area (Å²) in [7, 11) is -3.77. The topological polar surface area (TPSA) is 76.9 Å². The van der Waals surface area contributed by atoms with Crippen molar-refractivity contribution >= 4 is 27.3 Å². The third kappa shape index (κ3) is 4.20. The van der Waals surface area contributed by atoms with Gasteiger partial charge in [-0.05, 0) is 48.2 Å². The molecule has 6 nitrogen and oxygen atoms in total. The van der Waals surface area contributed by atoms with Gasteiger partial charge >= 0.3 is 0 Å². The van der Waals surface area contributed by atoms with Crippen molar-refractivity contribution in [2.75, 3.05) is 4.72 Å². The molecule has 3 aromatic rings. The summed E-state index contributed by atoms with van der Waals surface area (Å²) < 4.78 is 30.4. The van der Waals surface area contributed by atoms with Crippen LogP contribution in [-0.4, -0.2) is 23.2 Å². The van der Waals surface area contributed by atoms with Gasteiger partial charge in [0.25, 0.3) is 10.0 Å². The van der Waals surface area contributed by atoms with E-state index in [1.54, 1.807) is 36.7 Å². The Morgan fingerprint density at radius 3 is 2.39 bits per heavy atom. The number of nitrogens with one attached hydrogen (secondary N) is 1. The standard InChI is InChI=1S/C20H23ClN4O2S/c1-5-25-13-22-23-19(25)17-12-15(21)8-11-18(17)24-28(26,27)16-9-6-14(7-10-16)20(2,3)4/h6-13,24H,5H2,1-4H3. The van der Waals surface area contributed by atoms with Crippen LogP contribution in [0.1, 0.15) is 33.3 Å². The molecule has 0 fully saturated rings. The number of aryl methyl sites for hydroxylation is 1. The first kappa shape index (κ1) is 20.4. The molecule has 0 aliphatic carbocycles. The van der Waals surface area contributed by atoms with E-state index in [1.807, 2.05) is 23.6 Å². The Bertz CT molecular complexity index is 1080. The van der Waals surface area contributed by atoms with Gasteiger partial charge in [0.05, 0.1) is 10.6 Å². The van der Waals surface area contributed by atoms with Gasteiger partial charge in [0.15, 0.2) is 5.82 Å². The van der Waals surface area contributed by atoms with Crippen molar-refractivity contribution in [3.8, 4) is 11.4 Å². The number of nitrogens with zero attached hydrogens (tertiary/aromatic N) is 3. The summed E-state index contributed by atoms with van der Waals surface area (Å²) in [5.74, 6) is 0.547. The second-order valence-corrected chi connectivity index (χ2v) is 9.63. The Morgan fingerprint density at radius 1 is 1.11 bits per heavy atom. The molecule has 1 N–H and O–H groups in total. The second-order valence-electron chi connectivity index (χ2n) is 7.51. The maximum Gasteiger partial charge on any atom is 0.261 e. The molecule has 0 saturated heterocycles. The maximum atomic E-state index is 12.9. The fraction of sp³-hybridized carbons (Fsp3) is 0.300. The smallest absolute Gasteiger partial charge is 0.261 e. The highest BCUT2D eigenvalue weighted by Crippen LogP contribution is 2.31. The number of aromatic nitrogens is 3. The largest absolute Gasteiger partial charge is 0.314 e. The van der Waals surface area contributed by atoms with Crippen LogP contribution in [0, 0.1) is 0 Å². The number of hydrogen-bond donors (Lipinski definition) is 1. The third-order valence-corrected chi connectivity index (χ3v) is 6.07. The molecule has 0 aliphatic heterocycles. The van der Waals surface area contributed by atoms with Gasteiger partial charge in [0.2, 0.25) is 0 Å². The molecule has 0 atom stereocenters. The minimum absolute atomic E-state index is 0.0523. The number of sulfonamides is 1. The molecule has 0 saturated carbocycles. The summed E-state index contributed by atoms with van der Waals surface area (Å²) in [5, 5.41) is 8.52. The van der Waals surface area contributed by atoms with Crippen molar-refractivity contribution in [2.45, 2.75) is 44.6 Å². The normalized spacial score (nSPS) is 12.2. The lowest BCUT2D eigenvalue weighted by molar-refractivity contribution is 0.587. The molecule has 2 aromatic carbocycles. The van der Waals surface area contributed by atoms with Crippen LogP contribution in [0.5, 0.6) is 0 Å². The first-order valence-electron chi connectivity index (χ1n) is 8.93. The minimum atomic E-state index is -3.77. The first-order valence-corrected chi connectivity index (χ1v) is 10.8. The first-order chi connectivity index (χ1) is 13.1. The summed E-state index contributed by atoms with van der Waals surface area (Å²) in [6.45, 7) is 8.85. The third-order valence-electron chi connectivity index (χ3n) is 4.45. The van der Waals surface area contributed by atoms with Gasteiger partial charge in [-0.25, -0.2) is 8.42 Å². The molecule has 0 bridgehead atoms. The van der Waals surface area contributed by atoms with E-state index >= 15 is 0 Å². The summed E-state index contributed by atoms with van der Waals surface area (Å²) in [6.07, 6.45) is 1.60. The second kappa shape index (κ2) is 7.56. The summed E-state index contributed by atoms with van der Waals surface area (Å²) in [5.41, 5.74) is 1.98. The predicted octanol–water partition coefficient (Wildman–Crippen LogP) is 4.72. The Balaban J connectivity index is 1.99. The maximum absolute atomic E-state index is 12.9. The van der Waals surface area contributed by atoms with Gasteiger partial charge in [-0.1, -0.05) is 44.5 Å². The quantitative estimate of drug-likeness (QED) is 0.650. The van der Waals surface area contributed by atoms with Gasteiger partial charge in [-0.2, -0.15) is 0 Å². The number of halogens is 1. The Hall–Kier alpha value is -2.38. The molecule has 28 heavy (non-hydrogen) atoms. The number of rotatable bonds is 5. The van der Waals surface area contributed by atoms with Crippen molar-refractivity contribution < 1.29 is 8.42 Å². The average Bonchev–Trinajstić information content (AvgIpc) is 3.11. The Kier molecular flexibility index (Phi) is 5.50. The molecule has 0 aliphatic rings. The van der Waals surface area contributed by atoms with Gasteiger partial charge < -0.3 is 4.57 Å². The van der Waals surface area contributed by atoms with Gasteiger partial charge in [-0.3, -0.25) is 4.72 Å². The number of benzene rings is 2. The lowest BCUT2D eigenvalue weighted by atomic mass is 9.87. The van der Waals surface area contributed by atoms with Crippen LogP contribution in [0.25, 0.3) is 11.4 Å². The van der Waals surface area contributed by atoms with Crippen LogP contribution in [0.15, 0.2) is 53.7 Å². The SMILES string of the molecule is CCn1cnnc1-c1cc(Cl)ccc1NS(=O)(=O)c1ccc(C(C)(C)C)cc1. The highest BCUT2D eigenvalue weighted by molar-refractivity contribution is 7.92. The molecule has 3 rings (SSSR count). The van der Waals surface area contributed by atoms with Crippen molar-refractivity contribution in [3.63, 3.8) is 0 Å². The van der Waals surface area contributed by atoms with E-state index in [0.29, 0.717) is 28.6 Å². The van der Waals surface area contributed by atoms with E-state index in [0.717, 1.165) is 5.56 Å². The number of anilines is 1. The molecular weight excluding hydrogens is 396 g/mol. The van der Waals surface area contributed by atoms with E-state index in [1.165, 1.54) is 0 Å². The lowest BCUT2D eigenvalue weighted by Crippen LogP contribution is -2.15. The van der Waals surface area contributed by atoms with Gasteiger partial charge in [0, 0.05) is 17.1 Å². The monoisotopic (exact) mass is 418 g/mol. The van der Waals surface area contributed by atoms with Crippen molar-refractivity contribution in [3.05, 3.63) is 59.4 Å².